The second-order valence-corrected chi connectivity index (χ2v) is 3.67. The topological polar surface area (TPSA) is 20.2 Å². The Labute approximate surface area is 89.4 Å². The number of hydrogen-bond donors (Lipinski definition) is 1. The van der Waals surface area contributed by atoms with Crippen LogP contribution in [-0.4, -0.2) is 23.6 Å². The summed E-state index contributed by atoms with van der Waals surface area (Å²) in [5.41, 5.74) is 0. The molecule has 0 aromatic carbocycles. The number of aliphatic hydroxyl groups excluding tert-OH is 1. The van der Waals surface area contributed by atoms with Gasteiger partial charge in [-0.05, 0) is 25.7 Å². The van der Waals surface area contributed by atoms with E-state index >= 15 is 0 Å². The lowest BCUT2D eigenvalue weighted by molar-refractivity contribution is -0.137. The standard InChI is InChI=1S/C9H14F6O/c10-8(11,12)5-1-3-7(16)4-2-6-9(13,14)15/h7,16H,1-6H2. The normalized spacial score (nSPS) is 13.5. The highest BCUT2D eigenvalue weighted by Gasteiger charge is 2.28. The number of hydrogen-bond acceptors (Lipinski definition) is 1. The highest BCUT2D eigenvalue weighted by atomic mass is 19.4. The number of alkyl halides is 6. The van der Waals surface area contributed by atoms with Gasteiger partial charge in [-0.3, -0.25) is 0 Å². The summed E-state index contributed by atoms with van der Waals surface area (Å²) in [4.78, 5) is 0. The molecule has 0 aliphatic heterocycles. The summed E-state index contributed by atoms with van der Waals surface area (Å²) < 4.78 is 70.1. The smallest absolute Gasteiger partial charge is 0.389 e. The lowest BCUT2D eigenvalue weighted by Crippen LogP contribution is -2.13. The minimum Gasteiger partial charge on any atom is -0.393 e. The highest BCUT2D eigenvalue weighted by molar-refractivity contribution is 4.61. The summed E-state index contributed by atoms with van der Waals surface area (Å²) in [5, 5.41) is 9.11. The molecule has 0 aromatic rings. The van der Waals surface area contributed by atoms with Crippen molar-refractivity contribution in [2.75, 3.05) is 0 Å². The SMILES string of the molecule is OC(CCCC(F)(F)F)CCCC(F)(F)F. The predicted octanol–water partition coefficient (Wildman–Crippen LogP) is 3.81. The minimum absolute atomic E-state index is 0.114. The second-order valence-electron chi connectivity index (χ2n) is 3.67. The van der Waals surface area contributed by atoms with E-state index in [1.54, 1.807) is 0 Å². The Morgan fingerprint density at radius 1 is 0.750 bits per heavy atom. The molecule has 1 nitrogen and oxygen atoms in total. The zero-order valence-corrected chi connectivity index (χ0v) is 8.53. The monoisotopic (exact) mass is 252 g/mol. The molecule has 0 aliphatic rings. The number of rotatable bonds is 6. The Bertz CT molecular complexity index is 165. The maximum absolute atomic E-state index is 11.7. The first kappa shape index (κ1) is 15.5. The van der Waals surface area contributed by atoms with E-state index in [-0.39, 0.29) is 25.7 Å². The molecule has 0 amide bonds. The highest BCUT2D eigenvalue weighted by Crippen LogP contribution is 2.25. The molecule has 1 N–H and O–H groups in total. The molecule has 0 saturated carbocycles. The molecule has 0 atom stereocenters. The van der Waals surface area contributed by atoms with E-state index in [2.05, 4.69) is 0 Å². The van der Waals surface area contributed by atoms with Gasteiger partial charge in [-0.15, -0.1) is 0 Å². The van der Waals surface area contributed by atoms with Gasteiger partial charge in [0.05, 0.1) is 6.10 Å². The zero-order valence-electron chi connectivity index (χ0n) is 8.53. The van der Waals surface area contributed by atoms with Crippen LogP contribution >= 0.6 is 0 Å². The first-order chi connectivity index (χ1) is 7.10. The van der Waals surface area contributed by atoms with Crippen molar-refractivity contribution in [1.29, 1.82) is 0 Å². The largest absolute Gasteiger partial charge is 0.393 e. The lowest BCUT2D eigenvalue weighted by atomic mass is 10.1. The van der Waals surface area contributed by atoms with Gasteiger partial charge in [0.1, 0.15) is 0 Å². The van der Waals surface area contributed by atoms with Gasteiger partial charge in [0.15, 0.2) is 0 Å². The lowest BCUT2D eigenvalue weighted by Gasteiger charge is -2.12. The Morgan fingerprint density at radius 2 is 1.06 bits per heavy atom. The maximum atomic E-state index is 11.7. The average Bonchev–Trinajstić information content (AvgIpc) is 1.98. The Morgan fingerprint density at radius 3 is 1.31 bits per heavy atom. The molecule has 0 heterocycles. The van der Waals surface area contributed by atoms with Gasteiger partial charge in [-0.2, -0.15) is 26.3 Å². The fraction of sp³-hybridized carbons (Fsp3) is 1.00. The van der Waals surface area contributed by atoms with Crippen LogP contribution in [0.3, 0.4) is 0 Å². The molecular formula is C9H14F6O. The van der Waals surface area contributed by atoms with Crippen molar-refractivity contribution in [3.8, 4) is 0 Å². The summed E-state index contributed by atoms with van der Waals surface area (Å²) >= 11 is 0. The van der Waals surface area contributed by atoms with Crippen LogP contribution in [0.4, 0.5) is 26.3 Å². The van der Waals surface area contributed by atoms with Crippen LogP contribution in [0, 0.1) is 0 Å². The summed E-state index contributed by atoms with van der Waals surface area (Å²) in [7, 11) is 0. The van der Waals surface area contributed by atoms with E-state index in [1.165, 1.54) is 0 Å². The molecule has 7 heteroatoms. The van der Waals surface area contributed by atoms with Gasteiger partial charge in [0, 0.05) is 12.8 Å². The van der Waals surface area contributed by atoms with E-state index in [9.17, 15) is 26.3 Å². The van der Waals surface area contributed by atoms with Crippen molar-refractivity contribution < 1.29 is 31.4 Å². The quantitative estimate of drug-likeness (QED) is 0.712. The molecule has 0 bridgehead atoms. The fourth-order valence-corrected chi connectivity index (χ4v) is 1.22. The van der Waals surface area contributed by atoms with Gasteiger partial charge < -0.3 is 5.11 Å². The molecule has 0 unspecified atom stereocenters. The van der Waals surface area contributed by atoms with Crippen molar-refractivity contribution in [3.63, 3.8) is 0 Å². The molecule has 0 spiro atoms. The van der Waals surface area contributed by atoms with Crippen molar-refractivity contribution >= 4 is 0 Å². The minimum atomic E-state index is -4.27. The Kier molecular flexibility index (Phi) is 6.14. The van der Waals surface area contributed by atoms with Crippen LogP contribution < -0.4 is 0 Å². The van der Waals surface area contributed by atoms with E-state index in [4.69, 9.17) is 5.11 Å². The van der Waals surface area contributed by atoms with Gasteiger partial charge in [-0.1, -0.05) is 0 Å². The third-order valence-corrected chi connectivity index (χ3v) is 2.00. The average molecular weight is 252 g/mol. The van der Waals surface area contributed by atoms with E-state index in [0.717, 1.165) is 0 Å². The number of halogens is 6. The van der Waals surface area contributed by atoms with Crippen LogP contribution in [0.1, 0.15) is 38.5 Å². The molecule has 0 aliphatic carbocycles. The fourth-order valence-electron chi connectivity index (χ4n) is 1.22. The van der Waals surface area contributed by atoms with Crippen molar-refractivity contribution in [3.05, 3.63) is 0 Å². The zero-order chi connectivity index (χ0) is 12.8. The van der Waals surface area contributed by atoms with Crippen LogP contribution in [0.25, 0.3) is 0 Å². The second kappa shape index (κ2) is 6.32. The first-order valence-corrected chi connectivity index (χ1v) is 4.92. The third-order valence-electron chi connectivity index (χ3n) is 2.00. The predicted molar refractivity (Wildman–Crippen MR) is 45.8 cm³/mol. The Hall–Kier alpha value is -0.460. The van der Waals surface area contributed by atoms with Crippen LogP contribution in [0.2, 0.25) is 0 Å². The summed E-state index contributed by atoms with van der Waals surface area (Å²) in [6, 6.07) is 0. The molecular weight excluding hydrogens is 238 g/mol. The van der Waals surface area contributed by atoms with Crippen molar-refractivity contribution in [2.45, 2.75) is 57.0 Å². The first-order valence-electron chi connectivity index (χ1n) is 4.92. The van der Waals surface area contributed by atoms with Gasteiger partial charge in [0.2, 0.25) is 0 Å². The summed E-state index contributed by atoms with van der Waals surface area (Å²) in [5.74, 6) is 0. The number of aliphatic hydroxyl groups is 1. The molecule has 0 fully saturated rings. The van der Waals surface area contributed by atoms with E-state index in [1.807, 2.05) is 0 Å². The Balaban J connectivity index is 3.49. The third kappa shape index (κ3) is 11.6. The molecule has 16 heavy (non-hydrogen) atoms. The van der Waals surface area contributed by atoms with Crippen LogP contribution in [0.5, 0.6) is 0 Å². The van der Waals surface area contributed by atoms with Crippen LogP contribution in [0.15, 0.2) is 0 Å². The summed E-state index contributed by atoms with van der Waals surface area (Å²) in [6.45, 7) is 0. The molecule has 0 saturated heterocycles. The van der Waals surface area contributed by atoms with E-state index < -0.39 is 31.3 Å². The maximum Gasteiger partial charge on any atom is 0.389 e. The van der Waals surface area contributed by atoms with Gasteiger partial charge >= 0.3 is 12.4 Å². The molecule has 0 radical (unpaired) electrons. The van der Waals surface area contributed by atoms with Crippen molar-refractivity contribution in [1.82, 2.24) is 0 Å². The molecule has 98 valence electrons. The van der Waals surface area contributed by atoms with Gasteiger partial charge in [-0.25, -0.2) is 0 Å². The molecule has 0 rings (SSSR count). The van der Waals surface area contributed by atoms with Crippen molar-refractivity contribution in [2.24, 2.45) is 0 Å². The van der Waals surface area contributed by atoms with Crippen LogP contribution in [-0.2, 0) is 0 Å². The van der Waals surface area contributed by atoms with E-state index in [0.29, 0.717) is 0 Å². The molecule has 0 aromatic heterocycles. The van der Waals surface area contributed by atoms with Gasteiger partial charge in [0.25, 0.3) is 0 Å². The summed E-state index contributed by atoms with van der Waals surface area (Å²) in [6.07, 6.45) is -12.4.